The van der Waals surface area contributed by atoms with Crippen LogP contribution < -0.4 is 0 Å². The van der Waals surface area contributed by atoms with Crippen LogP contribution in [-0.2, 0) is 6.18 Å². The zero-order valence-corrected chi connectivity index (χ0v) is 11.7. The highest BCUT2D eigenvalue weighted by atomic mass is 127. The van der Waals surface area contributed by atoms with Crippen LogP contribution in [0.4, 0.5) is 13.2 Å². The molecule has 0 aliphatic rings. The molecule has 0 heterocycles. The van der Waals surface area contributed by atoms with Gasteiger partial charge in [-0.05, 0) is 34.7 Å². The smallest absolute Gasteiger partial charge is 0.294 e. The van der Waals surface area contributed by atoms with Gasteiger partial charge in [0.05, 0.1) is 5.56 Å². The van der Waals surface area contributed by atoms with Crippen LogP contribution in [0.3, 0.4) is 0 Å². The normalized spacial score (nSPS) is 11.6. The summed E-state index contributed by atoms with van der Waals surface area (Å²) in [5.74, 6) is -0.491. The molecule has 0 radical (unpaired) electrons. The molecule has 0 atom stereocenters. The van der Waals surface area contributed by atoms with Crippen LogP contribution in [0, 0.1) is 3.57 Å². The minimum Gasteiger partial charge on any atom is -0.294 e. The van der Waals surface area contributed by atoms with Gasteiger partial charge in [-0.15, -0.1) is 0 Å². The molecule has 0 aliphatic carbocycles. The fraction of sp³-hybridized carbons (Fsp3) is 0.300. The zero-order valence-electron chi connectivity index (χ0n) is 7.94. The van der Waals surface area contributed by atoms with Crippen LogP contribution in [0.25, 0.3) is 0 Å². The van der Waals surface area contributed by atoms with E-state index in [2.05, 4.69) is 15.9 Å². The Hall–Kier alpha value is -0.110. The minimum absolute atomic E-state index is 0.0586. The Morgan fingerprint density at radius 1 is 1.38 bits per heavy atom. The molecular weight excluding hydrogens is 400 g/mol. The lowest BCUT2D eigenvalue weighted by molar-refractivity contribution is -0.138. The highest BCUT2D eigenvalue weighted by molar-refractivity contribution is 14.1. The second kappa shape index (κ2) is 5.48. The van der Waals surface area contributed by atoms with E-state index in [1.807, 2.05) is 0 Å². The molecule has 0 unspecified atom stereocenters. The van der Waals surface area contributed by atoms with Crippen molar-refractivity contribution in [1.29, 1.82) is 0 Å². The van der Waals surface area contributed by atoms with E-state index in [4.69, 9.17) is 0 Å². The molecule has 1 rings (SSSR count). The van der Waals surface area contributed by atoms with E-state index in [1.165, 1.54) is 12.1 Å². The molecule has 0 spiro atoms. The minimum atomic E-state index is -4.49. The maximum atomic E-state index is 12.7. The Morgan fingerprint density at radius 2 is 2.00 bits per heavy atom. The van der Waals surface area contributed by atoms with Crippen molar-refractivity contribution >= 4 is 44.3 Å². The van der Waals surface area contributed by atoms with Gasteiger partial charge in [-0.25, -0.2) is 0 Å². The number of hydrogen-bond acceptors (Lipinski definition) is 1. The third-order valence-corrected chi connectivity index (χ3v) is 3.21. The summed E-state index contributed by atoms with van der Waals surface area (Å²) in [7, 11) is 0. The number of benzene rings is 1. The van der Waals surface area contributed by atoms with Crippen molar-refractivity contribution in [1.82, 2.24) is 0 Å². The first kappa shape index (κ1) is 14.0. The number of halogens is 5. The average Bonchev–Trinajstić information content (AvgIpc) is 2.16. The van der Waals surface area contributed by atoms with Crippen LogP contribution in [0.5, 0.6) is 0 Å². The molecule has 0 fully saturated rings. The molecule has 0 bridgehead atoms. The third kappa shape index (κ3) is 3.19. The van der Waals surface area contributed by atoms with Crippen molar-refractivity contribution in [3.63, 3.8) is 0 Å². The van der Waals surface area contributed by atoms with Gasteiger partial charge in [0.15, 0.2) is 5.78 Å². The predicted molar refractivity (Wildman–Crippen MR) is 66.9 cm³/mol. The van der Waals surface area contributed by atoms with E-state index in [-0.39, 0.29) is 12.0 Å². The topological polar surface area (TPSA) is 17.1 Å². The van der Waals surface area contributed by atoms with Crippen molar-refractivity contribution in [2.75, 3.05) is 5.33 Å². The van der Waals surface area contributed by atoms with Crippen molar-refractivity contribution < 1.29 is 18.0 Å². The van der Waals surface area contributed by atoms with Crippen molar-refractivity contribution in [2.45, 2.75) is 12.6 Å². The fourth-order valence-electron chi connectivity index (χ4n) is 1.25. The van der Waals surface area contributed by atoms with E-state index in [0.29, 0.717) is 8.90 Å². The second-order valence-electron chi connectivity index (χ2n) is 3.02. The van der Waals surface area contributed by atoms with E-state index >= 15 is 0 Å². The van der Waals surface area contributed by atoms with E-state index < -0.39 is 17.5 Å². The summed E-state index contributed by atoms with van der Waals surface area (Å²) in [6, 6.07) is 3.73. The lowest BCUT2D eigenvalue weighted by Gasteiger charge is -2.13. The third-order valence-electron chi connectivity index (χ3n) is 1.92. The van der Waals surface area contributed by atoms with Gasteiger partial charge >= 0.3 is 6.18 Å². The number of rotatable bonds is 3. The van der Waals surface area contributed by atoms with Crippen molar-refractivity contribution in [3.05, 3.63) is 32.9 Å². The number of hydrogen-bond donors (Lipinski definition) is 0. The molecule has 0 aliphatic heterocycles. The lowest BCUT2D eigenvalue weighted by atomic mass is 10.0. The van der Waals surface area contributed by atoms with Gasteiger partial charge < -0.3 is 0 Å². The maximum absolute atomic E-state index is 12.7. The second-order valence-corrected chi connectivity index (χ2v) is 4.98. The molecule has 1 nitrogen and oxygen atoms in total. The molecule has 1 aromatic rings. The molecule has 0 aromatic heterocycles. The molecule has 1 aromatic carbocycles. The molecule has 0 amide bonds. The predicted octanol–water partition coefficient (Wildman–Crippen LogP) is 4.28. The lowest BCUT2D eigenvalue weighted by Crippen LogP contribution is -2.15. The van der Waals surface area contributed by atoms with Crippen molar-refractivity contribution in [3.8, 4) is 0 Å². The van der Waals surface area contributed by atoms with Crippen LogP contribution in [0.1, 0.15) is 22.3 Å². The summed E-state index contributed by atoms with van der Waals surface area (Å²) in [4.78, 5) is 11.6. The van der Waals surface area contributed by atoms with E-state index in [9.17, 15) is 18.0 Å². The monoisotopic (exact) mass is 406 g/mol. The average molecular weight is 407 g/mol. The molecule has 6 heteroatoms. The number of carbonyl (C=O) groups excluding carboxylic acids is 1. The summed E-state index contributed by atoms with van der Waals surface area (Å²) in [5.41, 5.74) is -1.08. The first-order chi connectivity index (χ1) is 7.38. The van der Waals surface area contributed by atoms with Crippen LogP contribution in [0.15, 0.2) is 18.2 Å². The highest BCUT2D eigenvalue weighted by Crippen LogP contribution is 2.34. The van der Waals surface area contributed by atoms with Gasteiger partial charge in [-0.2, -0.15) is 13.2 Å². The van der Waals surface area contributed by atoms with Crippen LogP contribution >= 0.6 is 38.5 Å². The first-order valence-electron chi connectivity index (χ1n) is 4.32. The largest absolute Gasteiger partial charge is 0.417 e. The molecule has 0 N–H and O–H groups in total. The van der Waals surface area contributed by atoms with Gasteiger partial charge in [-0.1, -0.05) is 22.0 Å². The van der Waals surface area contributed by atoms with E-state index in [0.717, 1.165) is 6.07 Å². The van der Waals surface area contributed by atoms with Gasteiger partial charge in [0.1, 0.15) is 0 Å². The Balaban J connectivity index is 3.30. The number of ketones is 1. The Kier molecular flexibility index (Phi) is 4.78. The Bertz CT molecular complexity index is 404. The van der Waals surface area contributed by atoms with E-state index in [1.54, 1.807) is 22.6 Å². The Morgan fingerprint density at radius 3 is 2.50 bits per heavy atom. The summed E-state index contributed by atoms with van der Waals surface area (Å²) >= 11 is 4.79. The molecule has 0 saturated heterocycles. The van der Waals surface area contributed by atoms with Crippen molar-refractivity contribution in [2.24, 2.45) is 0 Å². The summed E-state index contributed by atoms with van der Waals surface area (Å²) in [6.45, 7) is 0. The first-order valence-corrected chi connectivity index (χ1v) is 6.53. The summed E-state index contributed by atoms with van der Waals surface area (Å²) in [6.07, 6.45) is -4.43. The Labute approximate surface area is 113 Å². The number of Topliss-reactive ketones (excluding diaryl/α,β-unsaturated/α-hetero) is 1. The molecule has 88 valence electrons. The molecule has 16 heavy (non-hydrogen) atoms. The SMILES string of the molecule is O=C(CCBr)c1c(I)cccc1C(F)(F)F. The molecular formula is C10H7BrF3IO. The standard InChI is InChI=1S/C10H7BrF3IO/c11-5-4-8(16)9-6(10(12,13)14)2-1-3-7(9)15/h1-3H,4-5H2. The van der Waals surface area contributed by atoms with Gasteiger partial charge in [0, 0.05) is 20.9 Å². The van der Waals surface area contributed by atoms with Gasteiger partial charge in [0.25, 0.3) is 0 Å². The van der Waals surface area contributed by atoms with Crippen LogP contribution in [-0.4, -0.2) is 11.1 Å². The maximum Gasteiger partial charge on any atom is 0.417 e. The quantitative estimate of drug-likeness (QED) is 0.416. The highest BCUT2D eigenvalue weighted by Gasteiger charge is 2.35. The van der Waals surface area contributed by atoms with Gasteiger partial charge in [-0.3, -0.25) is 4.79 Å². The summed E-state index contributed by atoms with van der Waals surface area (Å²) in [5, 5.41) is 0.355. The van der Waals surface area contributed by atoms with Crippen LogP contribution in [0.2, 0.25) is 0 Å². The fourth-order valence-corrected chi connectivity index (χ4v) is 2.41. The number of alkyl halides is 4. The van der Waals surface area contributed by atoms with Gasteiger partial charge in [0.2, 0.25) is 0 Å². The summed E-state index contributed by atoms with van der Waals surface area (Å²) < 4.78 is 38.3. The zero-order chi connectivity index (χ0) is 12.3. The molecule has 0 saturated carbocycles. The number of carbonyl (C=O) groups is 1.